The second-order valence-electron chi connectivity index (χ2n) is 8.60. The van der Waals surface area contributed by atoms with Crippen LogP contribution in [0.4, 0.5) is 0 Å². The summed E-state index contributed by atoms with van der Waals surface area (Å²) in [6.07, 6.45) is 4.21. The molecule has 144 valence electrons. The number of hydrogen-bond acceptors (Lipinski definition) is 2. The van der Waals surface area contributed by atoms with Crippen molar-refractivity contribution >= 4 is 15.4 Å². The van der Waals surface area contributed by atoms with Crippen molar-refractivity contribution in [1.29, 1.82) is 0 Å². The maximum Gasteiger partial charge on any atom is 0.162 e. The van der Waals surface area contributed by atoms with Crippen LogP contribution in [0.5, 0.6) is 0 Å². The summed E-state index contributed by atoms with van der Waals surface area (Å²) in [5.74, 6) is -0.181. The molecule has 1 fully saturated rings. The largest absolute Gasteiger partial charge is 0.228 e. The third-order valence-electron chi connectivity index (χ3n) is 5.90. The number of hydrogen-bond donors (Lipinski definition) is 0. The zero-order chi connectivity index (χ0) is 20.1. The summed E-state index contributed by atoms with van der Waals surface area (Å²) < 4.78 is 25.9. The number of rotatable bonds is 3. The van der Waals surface area contributed by atoms with Gasteiger partial charge in [0.1, 0.15) is 0 Å². The lowest BCUT2D eigenvalue weighted by Gasteiger charge is -2.29. The van der Waals surface area contributed by atoms with Gasteiger partial charge in [-0.3, -0.25) is 0 Å². The minimum absolute atomic E-state index is 0.0254. The molecule has 0 radical (unpaired) electrons. The average Bonchev–Trinajstić information content (AvgIpc) is 3.18. The fourth-order valence-corrected chi connectivity index (χ4v) is 6.38. The SMILES string of the molecule is C=C1C2C=CC(C2=C(c2ccccc2)c2ccccc2)C1S(=O)(=O)C(C)(C)C. The molecule has 1 saturated carbocycles. The molecule has 2 aliphatic rings. The Labute approximate surface area is 168 Å². The summed E-state index contributed by atoms with van der Waals surface area (Å²) in [4.78, 5) is 0. The van der Waals surface area contributed by atoms with Crippen LogP contribution in [0.25, 0.3) is 5.57 Å². The van der Waals surface area contributed by atoms with Gasteiger partial charge in [0.25, 0.3) is 0 Å². The number of fused-ring (bicyclic) bond motifs is 2. The van der Waals surface area contributed by atoms with E-state index in [1.807, 2.05) is 36.4 Å². The molecular formula is C25H26O2S. The predicted molar refractivity (Wildman–Crippen MR) is 117 cm³/mol. The Bertz CT molecular complexity index is 1030. The minimum atomic E-state index is -3.37. The summed E-state index contributed by atoms with van der Waals surface area (Å²) in [6, 6.07) is 20.5. The van der Waals surface area contributed by atoms with Gasteiger partial charge in [-0.1, -0.05) is 79.4 Å². The van der Waals surface area contributed by atoms with Crippen molar-refractivity contribution in [2.75, 3.05) is 0 Å². The topological polar surface area (TPSA) is 34.1 Å². The first kappa shape index (κ1) is 18.9. The first-order valence-electron chi connectivity index (χ1n) is 9.69. The maximum absolute atomic E-state index is 13.4. The zero-order valence-corrected chi connectivity index (χ0v) is 17.4. The molecule has 3 heteroatoms. The molecule has 3 atom stereocenters. The van der Waals surface area contributed by atoms with E-state index in [0.29, 0.717) is 0 Å². The molecule has 2 aromatic carbocycles. The molecule has 3 unspecified atom stereocenters. The van der Waals surface area contributed by atoms with Gasteiger partial charge < -0.3 is 0 Å². The summed E-state index contributed by atoms with van der Waals surface area (Å²) in [5.41, 5.74) is 5.34. The van der Waals surface area contributed by atoms with Crippen molar-refractivity contribution < 1.29 is 8.42 Å². The smallest absolute Gasteiger partial charge is 0.162 e. The van der Waals surface area contributed by atoms with Crippen LogP contribution in [0.3, 0.4) is 0 Å². The van der Waals surface area contributed by atoms with Crippen molar-refractivity contribution in [3.63, 3.8) is 0 Å². The number of benzene rings is 2. The van der Waals surface area contributed by atoms with Gasteiger partial charge in [0, 0.05) is 11.8 Å². The lowest BCUT2D eigenvalue weighted by atomic mass is 9.87. The third kappa shape index (κ3) is 2.80. The fourth-order valence-electron chi connectivity index (χ4n) is 4.45. The quantitative estimate of drug-likeness (QED) is 0.654. The van der Waals surface area contributed by atoms with Crippen LogP contribution in [-0.4, -0.2) is 18.4 Å². The van der Waals surface area contributed by atoms with Gasteiger partial charge in [-0.25, -0.2) is 8.42 Å². The second kappa shape index (κ2) is 6.59. The molecular weight excluding hydrogens is 364 g/mol. The molecule has 2 aliphatic carbocycles. The molecule has 0 aromatic heterocycles. The van der Waals surface area contributed by atoms with Gasteiger partial charge in [0.2, 0.25) is 0 Å². The Hall–Kier alpha value is -2.39. The van der Waals surface area contributed by atoms with E-state index in [0.717, 1.165) is 22.3 Å². The molecule has 0 saturated heterocycles. The van der Waals surface area contributed by atoms with Crippen molar-refractivity contribution in [2.24, 2.45) is 11.8 Å². The van der Waals surface area contributed by atoms with E-state index >= 15 is 0 Å². The van der Waals surface area contributed by atoms with Crippen LogP contribution in [-0.2, 0) is 9.84 Å². The van der Waals surface area contributed by atoms with E-state index in [-0.39, 0.29) is 11.8 Å². The van der Waals surface area contributed by atoms with Crippen molar-refractivity contribution in [2.45, 2.75) is 30.8 Å². The monoisotopic (exact) mass is 390 g/mol. The third-order valence-corrected chi connectivity index (χ3v) is 8.87. The highest BCUT2D eigenvalue weighted by Crippen LogP contribution is 2.54. The fraction of sp³-hybridized carbons (Fsp3) is 0.280. The van der Waals surface area contributed by atoms with Crippen LogP contribution in [0.1, 0.15) is 31.9 Å². The average molecular weight is 391 g/mol. The molecule has 0 N–H and O–H groups in total. The maximum atomic E-state index is 13.4. The minimum Gasteiger partial charge on any atom is -0.228 e. The van der Waals surface area contributed by atoms with E-state index in [9.17, 15) is 8.42 Å². The van der Waals surface area contributed by atoms with Gasteiger partial charge in [-0.2, -0.15) is 0 Å². The Kier molecular flexibility index (Phi) is 4.46. The highest BCUT2D eigenvalue weighted by molar-refractivity contribution is 7.93. The Morgan fingerprint density at radius 1 is 0.857 bits per heavy atom. The Morgan fingerprint density at radius 2 is 1.36 bits per heavy atom. The molecule has 0 heterocycles. The Balaban J connectivity index is 1.96. The normalized spacial score (nSPS) is 24.0. The van der Waals surface area contributed by atoms with Crippen LogP contribution in [0.2, 0.25) is 0 Å². The summed E-state index contributed by atoms with van der Waals surface area (Å²) in [6.45, 7) is 9.60. The highest BCUT2D eigenvalue weighted by Gasteiger charge is 2.53. The number of allylic oxidation sites excluding steroid dienone is 3. The van der Waals surface area contributed by atoms with Crippen LogP contribution >= 0.6 is 0 Å². The van der Waals surface area contributed by atoms with Gasteiger partial charge >= 0.3 is 0 Å². The summed E-state index contributed by atoms with van der Waals surface area (Å²) >= 11 is 0. The van der Waals surface area contributed by atoms with Gasteiger partial charge in [-0.05, 0) is 48.6 Å². The zero-order valence-electron chi connectivity index (χ0n) is 16.6. The molecule has 2 aromatic rings. The van der Waals surface area contributed by atoms with E-state index in [1.54, 1.807) is 20.8 Å². The first-order valence-corrected chi connectivity index (χ1v) is 11.2. The molecule has 28 heavy (non-hydrogen) atoms. The molecule has 2 bridgehead atoms. The first-order chi connectivity index (χ1) is 13.2. The lowest BCUT2D eigenvalue weighted by molar-refractivity contribution is 0.544. The number of sulfone groups is 1. The highest BCUT2D eigenvalue weighted by atomic mass is 32.2. The van der Waals surface area contributed by atoms with E-state index in [2.05, 4.69) is 43.0 Å². The van der Waals surface area contributed by atoms with E-state index in [1.165, 1.54) is 5.57 Å². The van der Waals surface area contributed by atoms with Crippen molar-refractivity contribution in [3.8, 4) is 0 Å². The lowest BCUT2D eigenvalue weighted by Crippen LogP contribution is -2.40. The van der Waals surface area contributed by atoms with Crippen molar-refractivity contribution in [1.82, 2.24) is 0 Å². The van der Waals surface area contributed by atoms with Gasteiger partial charge in [-0.15, -0.1) is 0 Å². The standard InChI is InChI=1S/C25H26O2S/c1-17-20-15-16-21(24(17)28(26,27)25(2,3)4)23(20)22(18-11-7-5-8-12-18)19-13-9-6-10-14-19/h5-16,20-21,24H,1H2,2-4H3. The summed E-state index contributed by atoms with van der Waals surface area (Å²) in [7, 11) is -3.37. The molecule has 0 amide bonds. The molecule has 0 spiro atoms. The van der Waals surface area contributed by atoms with Gasteiger partial charge in [0.05, 0.1) is 10.00 Å². The van der Waals surface area contributed by atoms with Gasteiger partial charge in [0.15, 0.2) is 9.84 Å². The predicted octanol–water partition coefficient (Wildman–Crippen LogP) is 5.44. The summed E-state index contributed by atoms with van der Waals surface area (Å²) in [5, 5.41) is -0.556. The van der Waals surface area contributed by atoms with Crippen LogP contribution in [0, 0.1) is 11.8 Å². The molecule has 2 nitrogen and oxygen atoms in total. The van der Waals surface area contributed by atoms with Crippen LogP contribution in [0.15, 0.2) is 90.5 Å². The van der Waals surface area contributed by atoms with Crippen LogP contribution < -0.4 is 0 Å². The Morgan fingerprint density at radius 3 is 1.82 bits per heavy atom. The molecule has 4 rings (SSSR count). The second-order valence-corrected chi connectivity index (χ2v) is 11.4. The van der Waals surface area contributed by atoms with E-state index < -0.39 is 19.8 Å². The van der Waals surface area contributed by atoms with Crippen molar-refractivity contribution in [3.05, 3.63) is 102 Å². The van der Waals surface area contributed by atoms with E-state index in [4.69, 9.17) is 0 Å². The molecule has 0 aliphatic heterocycles.